The van der Waals surface area contributed by atoms with Crippen LogP contribution in [0.1, 0.15) is 107 Å². The third kappa shape index (κ3) is 7.48. The van der Waals surface area contributed by atoms with Gasteiger partial charge in [0.15, 0.2) is 0 Å². The molecule has 7 nitrogen and oxygen atoms in total. The van der Waals surface area contributed by atoms with Crippen LogP contribution in [0.3, 0.4) is 0 Å². The Hall–Kier alpha value is -2.71. The second-order valence-corrected chi connectivity index (χ2v) is 13.6. The van der Waals surface area contributed by atoms with Crippen LogP contribution >= 0.6 is 0 Å². The molecule has 3 rings (SSSR count). The van der Waals surface area contributed by atoms with Gasteiger partial charge in [0.25, 0.3) is 0 Å². The minimum atomic E-state index is -4.06. The summed E-state index contributed by atoms with van der Waals surface area (Å²) in [5.41, 5.74) is 9.64. The minimum absolute atomic E-state index is 0.0160. The van der Waals surface area contributed by atoms with Crippen molar-refractivity contribution in [2.75, 3.05) is 13.1 Å². The van der Waals surface area contributed by atoms with Crippen molar-refractivity contribution in [1.82, 2.24) is 9.62 Å². The smallest absolute Gasteiger partial charge is 0.241 e. The van der Waals surface area contributed by atoms with Gasteiger partial charge in [0.1, 0.15) is 11.9 Å². The number of benzene rings is 2. The van der Waals surface area contributed by atoms with Gasteiger partial charge in [-0.05, 0) is 71.3 Å². The predicted molar refractivity (Wildman–Crippen MR) is 159 cm³/mol. The Morgan fingerprint density at radius 3 is 2.05 bits per heavy atom. The van der Waals surface area contributed by atoms with Crippen LogP contribution in [0.2, 0.25) is 0 Å². The summed E-state index contributed by atoms with van der Waals surface area (Å²) in [7, 11) is -4.06. The van der Waals surface area contributed by atoms with Crippen molar-refractivity contribution in [3.63, 3.8) is 0 Å². The standard InChI is InChI=1S/C31H46N4O3S/c1-19(2)25-17-26(20(3)4)29(27(18-25)21(5)6)39(37,38)34-28(31(36)35-13-11-22(7)12-14-35)16-23-9-8-10-24(15-23)30(32)33/h8-10,15,17-22,28,34H,11-14,16H2,1-7H3,(H3,32,33)/t28-/m0/s1. The molecule has 1 aliphatic heterocycles. The summed E-state index contributed by atoms with van der Waals surface area (Å²) < 4.78 is 31.3. The summed E-state index contributed by atoms with van der Waals surface area (Å²) >= 11 is 0. The van der Waals surface area contributed by atoms with E-state index in [1.165, 1.54) is 0 Å². The molecule has 0 aliphatic carbocycles. The zero-order valence-electron chi connectivity index (χ0n) is 24.5. The summed E-state index contributed by atoms with van der Waals surface area (Å²) in [5, 5.41) is 7.80. The van der Waals surface area contributed by atoms with E-state index in [-0.39, 0.29) is 35.9 Å². The van der Waals surface area contributed by atoms with E-state index in [1.807, 2.05) is 45.9 Å². The first-order chi connectivity index (χ1) is 18.2. The molecule has 0 unspecified atom stereocenters. The number of nitrogens with two attached hydrogens (primary N) is 1. The van der Waals surface area contributed by atoms with Crippen molar-refractivity contribution in [2.45, 2.75) is 96.4 Å². The van der Waals surface area contributed by atoms with Gasteiger partial charge in [-0.1, -0.05) is 78.8 Å². The monoisotopic (exact) mass is 554 g/mol. The number of amidine groups is 1. The van der Waals surface area contributed by atoms with E-state index in [2.05, 4.69) is 25.5 Å². The lowest BCUT2D eigenvalue weighted by atomic mass is 9.89. The van der Waals surface area contributed by atoms with Crippen LogP contribution in [0.5, 0.6) is 0 Å². The van der Waals surface area contributed by atoms with Crippen molar-refractivity contribution < 1.29 is 13.2 Å². The van der Waals surface area contributed by atoms with Crippen molar-refractivity contribution >= 4 is 21.8 Å². The first kappa shape index (κ1) is 30.8. The van der Waals surface area contributed by atoms with Crippen molar-refractivity contribution in [3.05, 3.63) is 64.2 Å². The SMILES string of the molecule is CC1CCN(C(=O)[C@H](Cc2cccc(C(=N)N)c2)NS(=O)(=O)c2c(C(C)C)cc(C(C)C)cc2C(C)C)CC1. The molecule has 2 aromatic rings. The van der Waals surface area contributed by atoms with E-state index in [1.54, 1.807) is 23.1 Å². The molecular formula is C31H46N4O3S. The maximum atomic E-state index is 14.2. The van der Waals surface area contributed by atoms with E-state index in [4.69, 9.17) is 11.1 Å². The van der Waals surface area contributed by atoms with Crippen LogP contribution in [-0.4, -0.2) is 44.2 Å². The maximum absolute atomic E-state index is 14.2. The van der Waals surface area contributed by atoms with Gasteiger partial charge >= 0.3 is 0 Å². The van der Waals surface area contributed by atoms with E-state index in [0.717, 1.165) is 35.1 Å². The molecule has 1 atom stereocenters. The number of nitrogens with one attached hydrogen (secondary N) is 2. The molecule has 0 aromatic heterocycles. The van der Waals surface area contributed by atoms with Gasteiger partial charge in [-0.2, -0.15) is 4.72 Å². The number of carbonyl (C=O) groups is 1. The Kier molecular flexibility index (Phi) is 9.99. The lowest BCUT2D eigenvalue weighted by molar-refractivity contribution is -0.134. The van der Waals surface area contributed by atoms with Crippen LogP contribution in [0, 0.1) is 11.3 Å². The Balaban J connectivity index is 2.09. The third-order valence-corrected chi connectivity index (χ3v) is 9.32. The van der Waals surface area contributed by atoms with Gasteiger partial charge in [-0.25, -0.2) is 8.42 Å². The second-order valence-electron chi connectivity index (χ2n) is 12.0. The summed E-state index contributed by atoms with van der Waals surface area (Å²) in [6, 6.07) is 10.2. The molecule has 1 saturated heterocycles. The van der Waals surface area contributed by atoms with Crippen LogP contribution < -0.4 is 10.5 Å². The van der Waals surface area contributed by atoms with Gasteiger partial charge in [-0.15, -0.1) is 0 Å². The number of rotatable bonds is 10. The molecule has 0 saturated carbocycles. The predicted octanol–water partition coefficient (Wildman–Crippen LogP) is 5.49. The Morgan fingerprint density at radius 2 is 1.56 bits per heavy atom. The number of amides is 1. The van der Waals surface area contributed by atoms with E-state index in [0.29, 0.717) is 29.5 Å². The summed E-state index contributed by atoms with van der Waals surface area (Å²) in [5.74, 6) is 0.483. The summed E-state index contributed by atoms with van der Waals surface area (Å²) in [6.45, 7) is 15.7. The fourth-order valence-corrected chi connectivity index (χ4v) is 7.06. The fraction of sp³-hybridized carbons (Fsp3) is 0.548. The number of hydrogen-bond acceptors (Lipinski definition) is 4. The van der Waals surface area contributed by atoms with Crippen molar-refractivity contribution in [2.24, 2.45) is 11.7 Å². The second kappa shape index (κ2) is 12.6. The lowest BCUT2D eigenvalue weighted by Gasteiger charge is -2.33. The molecule has 1 aliphatic rings. The molecule has 2 aromatic carbocycles. The Bertz CT molecular complexity index is 1260. The number of nitrogens with zero attached hydrogens (tertiary/aromatic N) is 1. The van der Waals surface area contributed by atoms with E-state index < -0.39 is 16.1 Å². The van der Waals surface area contributed by atoms with Crippen LogP contribution in [0.15, 0.2) is 41.3 Å². The number of piperidine rings is 1. The summed E-state index contributed by atoms with van der Waals surface area (Å²) in [6.07, 6.45) is 1.97. The highest BCUT2D eigenvalue weighted by Gasteiger charge is 2.34. The number of hydrogen-bond donors (Lipinski definition) is 3. The molecule has 0 bridgehead atoms. The lowest BCUT2D eigenvalue weighted by Crippen LogP contribution is -2.51. The molecule has 0 spiro atoms. The normalized spacial score (nSPS) is 15.8. The fourth-order valence-electron chi connectivity index (χ4n) is 5.18. The van der Waals surface area contributed by atoms with Crippen LogP contribution in [-0.2, 0) is 21.2 Å². The molecule has 1 amide bonds. The van der Waals surface area contributed by atoms with Crippen LogP contribution in [0.25, 0.3) is 0 Å². The number of sulfonamides is 1. The largest absolute Gasteiger partial charge is 0.384 e. The molecule has 4 N–H and O–H groups in total. The molecular weight excluding hydrogens is 508 g/mol. The van der Waals surface area contributed by atoms with Crippen molar-refractivity contribution in [3.8, 4) is 0 Å². The Morgan fingerprint density at radius 1 is 1.00 bits per heavy atom. The van der Waals surface area contributed by atoms with E-state index >= 15 is 0 Å². The number of likely N-dealkylation sites (tertiary alicyclic amines) is 1. The van der Waals surface area contributed by atoms with E-state index in [9.17, 15) is 13.2 Å². The molecule has 214 valence electrons. The van der Waals surface area contributed by atoms with Gasteiger partial charge in [0.05, 0.1) is 4.90 Å². The van der Waals surface area contributed by atoms with Gasteiger partial charge < -0.3 is 10.6 Å². The first-order valence-electron chi connectivity index (χ1n) is 14.1. The van der Waals surface area contributed by atoms with Crippen molar-refractivity contribution in [1.29, 1.82) is 5.41 Å². The molecule has 1 fully saturated rings. The molecule has 0 radical (unpaired) electrons. The quantitative estimate of drug-likeness (QED) is 0.266. The Labute approximate surface area is 235 Å². The van der Waals surface area contributed by atoms with Gasteiger partial charge in [0, 0.05) is 18.7 Å². The highest BCUT2D eigenvalue weighted by Crippen LogP contribution is 2.35. The zero-order valence-corrected chi connectivity index (χ0v) is 25.4. The zero-order chi connectivity index (χ0) is 29.1. The van der Waals surface area contributed by atoms with Crippen LogP contribution in [0.4, 0.5) is 0 Å². The number of carbonyl (C=O) groups excluding carboxylic acids is 1. The number of nitrogen functional groups attached to an aromatic ring is 1. The molecule has 8 heteroatoms. The molecule has 1 heterocycles. The topological polar surface area (TPSA) is 116 Å². The maximum Gasteiger partial charge on any atom is 0.241 e. The van der Waals surface area contributed by atoms with Gasteiger partial charge in [0.2, 0.25) is 15.9 Å². The van der Waals surface area contributed by atoms with Gasteiger partial charge in [-0.3, -0.25) is 10.2 Å². The molecule has 39 heavy (non-hydrogen) atoms. The third-order valence-electron chi connectivity index (χ3n) is 7.72. The average molecular weight is 555 g/mol. The average Bonchev–Trinajstić information content (AvgIpc) is 2.87. The minimum Gasteiger partial charge on any atom is -0.384 e. The highest BCUT2D eigenvalue weighted by atomic mass is 32.2. The summed E-state index contributed by atoms with van der Waals surface area (Å²) in [4.78, 5) is 15.9. The first-order valence-corrected chi connectivity index (χ1v) is 15.6. The highest BCUT2D eigenvalue weighted by molar-refractivity contribution is 7.89.